The molecule has 4 rings (SSSR count). The second-order valence-corrected chi connectivity index (χ2v) is 6.87. The highest BCUT2D eigenvalue weighted by atomic mass is 19.3. The monoisotopic (exact) mass is 451 g/mol. The van der Waals surface area contributed by atoms with Gasteiger partial charge >= 0.3 is 6.61 Å². The number of non-ortho nitro benzene ring substituents is 1. The summed E-state index contributed by atoms with van der Waals surface area (Å²) in [5, 5.41) is 23.5. The summed E-state index contributed by atoms with van der Waals surface area (Å²) >= 11 is 0. The van der Waals surface area contributed by atoms with Crippen molar-refractivity contribution in [3.63, 3.8) is 0 Å². The van der Waals surface area contributed by atoms with Gasteiger partial charge in [0.2, 0.25) is 5.95 Å². The molecule has 0 aliphatic rings. The van der Waals surface area contributed by atoms with Crippen molar-refractivity contribution in [3.8, 4) is 23.2 Å². The van der Waals surface area contributed by atoms with E-state index in [0.717, 1.165) is 5.56 Å². The summed E-state index contributed by atoms with van der Waals surface area (Å²) in [6.45, 7) is -1.19. The first-order chi connectivity index (χ1) is 15.9. The average Bonchev–Trinajstić information content (AvgIpc) is 3.24. The Hall–Kier alpha value is -4.66. The Labute approximate surface area is 185 Å². The molecule has 0 spiro atoms. The molecule has 4 aromatic rings. The van der Waals surface area contributed by atoms with E-state index in [2.05, 4.69) is 25.0 Å². The van der Waals surface area contributed by atoms with E-state index in [9.17, 15) is 24.2 Å². The lowest BCUT2D eigenvalue weighted by atomic mass is 10.1. The van der Waals surface area contributed by atoms with Crippen LogP contribution in [0.5, 0.6) is 5.75 Å². The van der Waals surface area contributed by atoms with Crippen LogP contribution in [0.15, 0.2) is 55.0 Å². The van der Waals surface area contributed by atoms with Gasteiger partial charge in [0.25, 0.3) is 5.69 Å². The number of nitrogens with zero attached hydrogens (tertiary/aromatic N) is 6. The Morgan fingerprint density at radius 3 is 2.64 bits per heavy atom. The van der Waals surface area contributed by atoms with Crippen LogP contribution in [0.25, 0.3) is 17.0 Å². The van der Waals surface area contributed by atoms with Crippen LogP contribution < -0.4 is 10.1 Å². The summed E-state index contributed by atoms with van der Waals surface area (Å²) in [4.78, 5) is 23.1. The number of hydrogen-bond acceptors (Lipinski definition) is 8. The van der Waals surface area contributed by atoms with E-state index in [4.69, 9.17) is 0 Å². The van der Waals surface area contributed by atoms with Crippen LogP contribution in [0.2, 0.25) is 0 Å². The van der Waals surface area contributed by atoms with Gasteiger partial charge in [0.1, 0.15) is 11.8 Å². The molecule has 0 radical (unpaired) electrons. The molecule has 1 aromatic carbocycles. The number of rotatable bonds is 7. The number of aromatic nitrogens is 4. The third kappa shape index (κ3) is 4.38. The number of alkyl halides is 2. The zero-order valence-corrected chi connectivity index (χ0v) is 17.0. The lowest BCUT2D eigenvalue weighted by Crippen LogP contribution is -2.10. The molecule has 10 nitrogen and oxygen atoms in total. The Morgan fingerprint density at radius 1 is 1.21 bits per heavy atom. The maximum Gasteiger partial charge on any atom is 0.387 e. The highest BCUT2D eigenvalue weighted by Gasteiger charge is 2.18. The Kier molecular flexibility index (Phi) is 5.77. The predicted octanol–water partition coefficient (Wildman–Crippen LogP) is 4.35. The van der Waals surface area contributed by atoms with Gasteiger partial charge in [-0.2, -0.15) is 14.0 Å². The number of anilines is 1. The number of nitrogens with one attached hydrogen (secondary N) is 1. The van der Waals surface area contributed by atoms with E-state index in [1.165, 1.54) is 41.1 Å². The molecular formula is C21H15F2N7O3. The van der Waals surface area contributed by atoms with Crippen LogP contribution in [0.4, 0.5) is 20.4 Å². The van der Waals surface area contributed by atoms with Crippen molar-refractivity contribution in [2.45, 2.75) is 19.6 Å². The smallest absolute Gasteiger partial charge is 0.387 e. The quantitative estimate of drug-likeness (QED) is 0.324. The van der Waals surface area contributed by atoms with Crippen molar-refractivity contribution < 1.29 is 18.4 Å². The highest BCUT2D eigenvalue weighted by molar-refractivity contribution is 5.69. The fraction of sp³-hybridized carbons (Fsp3) is 0.143. The molecule has 12 heteroatoms. The number of pyridine rings is 1. The summed E-state index contributed by atoms with van der Waals surface area (Å²) in [6.07, 6.45) is 4.33. The largest absolute Gasteiger partial charge is 0.431 e. The van der Waals surface area contributed by atoms with Crippen LogP contribution in [0.3, 0.4) is 0 Å². The molecule has 1 atom stereocenters. The third-order valence-corrected chi connectivity index (χ3v) is 4.82. The standard InChI is InChI=1S/C21H15F2N7O3/c1-12(13-4-6-15(7-5-13)30(31)32)27-21-26-10-14(9-24)18(28-21)16-11-25-19-17(33-20(22)23)3-2-8-29(16)19/h2-8,10-12,20H,1H3,(H,26,27,28)/t12-/m0/s1. The van der Waals surface area contributed by atoms with Gasteiger partial charge in [0.15, 0.2) is 11.4 Å². The molecule has 0 saturated heterocycles. The van der Waals surface area contributed by atoms with E-state index in [1.807, 2.05) is 13.0 Å². The first-order valence-corrected chi connectivity index (χ1v) is 9.56. The zero-order chi connectivity index (χ0) is 23.5. The SMILES string of the molecule is C[C@H](Nc1ncc(C#N)c(-c2cnc3c(OC(F)F)cccn23)n1)c1ccc([N+](=O)[O-])cc1. The Morgan fingerprint density at radius 2 is 1.97 bits per heavy atom. The van der Waals surface area contributed by atoms with Gasteiger partial charge in [-0.3, -0.25) is 14.5 Å². The van der Waals surface area contributed by atoms with Gasteiger partial charge in [-0.1, -0.05) is 12.1 Å². The van der Waals surface area contributed by atoms with Gasteiger partial charge in [0.05, 0.1) is 34.6 Å². The minimum atomic E-state index is -3.01. The topological polar surface area (TPSA) is 131 Å². The molecule has 33 heavy (non-hydrogen) atoms. The molecule has 3 aromatic heterocycles. The molecule has 0 unspecified atom stereocenters. The van der Waals surface area contributed by atoms with Crippen molar-refractivity contribution in [1.82, 2.24) is 19.4 Å². The van der Waals surface area contributed by atoms with Crippen molar-refractivity contribution in [3.05, 3.63) is 76.2 Å². The van der Waals surface area contributed by atoms with E-state index in [1.54, 1.807) is 18.3 Å². The second kappa shape index (κ2) is 8.83. The first-order valence-electron chi connectivity index (χ1n) is 9.56. The van der Waals surface area contributed by atoms with Crippen LogP contribution in [0.1, 0.15) is 24.1 Å². The summed E-state index contributed by atoms with van der Waals surface area (Å²) in [6, 6.07) is 10.6. The van der Waals surface area contributed by atoms with E-state index in [-0.39, 0.29) is 40.3 Å². The maximum absolute atomic E-state index is 12.7. The number of nitro groups is 1. The Bertz CT molecular complexity index is 1370. The van der Waals surface area contributed by atoms with Crippen molar-refractivity contribution in [2.24, 2.45) is 0 Å². The van der Waals surface area contributed by atoms with Crippen LogP contribution in [0, 0.1) is 21.4 Å². The predicted molar refractivity (Wildman–Crippen MR) is 113 cm³/mol. The van der Waals surface area contributed by atoms with Crippen molar-refractivity contribution >= 4 is 17.3 Å². The van der Waals surface area contributed by atoms with Crippen LogP contribution in [-0.2, 0) is 0 Å². The maximum atomic E-state index is 12.7. The molecule has 0 aliphatic heterocycles. The van der Waals surface area contributed by atoms with Gasteiger partial charge in [-0.05, 0) is 24.6 Å². The number of ether oxygens (including phenoxy) is 1. The molecule has 166 valence electrons. The summed E-state index contributed by atoms with van der Waals surface area (Å²) in [7, 11) is 0. The number of benzene rings is 1. The zero-order valence-electron chi connectivity index (χ0n) is 17.0. The lowest BCUT2D eigenvalue weighted by Gasteiger charge is -2.15. The van der Waals surface area contributed by atoms with E-state index in [0.29, 0.717) is 5.69 Å². The number of halogens is 2. The summed E-state index contributed by atoms with van der Waals surface area (Å²) < 4.78 is 31.4. The van der Waals surface area contributed by atoms with Crippen molar-refractivity contribution in [1.29, 1.82) is 5.26 Å². The first kappa shape index (κ1) is 21.6. The highest BCUT2D eigenvalue weighted by Crippen LogP contribution is 2.28. The molecule has 0 aliphatic carbocycles. The van der Waals surface area contributed by atoms with Crippen LogP contribution >= 0.6 is 0 Å². The molecule has 0 fully saturated rings. The second-order valence-electron chi connectivity index (χ2n) is 6.87. The number of imidazole rings is 1. The van der Waals surface area contributed by atoms with Gasteiger partial charge in [0, 0.05) is 18.3 Å². The molecule has 3 heterocycles. The van der Waals surface area contributed by atoms with Gasteiger partial charge in [-0.25, -0.2) is 15.0 Å². The molecule has 1 N–H and O–H groups in total. The lowest BCUT2D eigenvalue weighted by molar-refractivity contribution is -0.384. The minimum absolute atomic E-state index is 0.0225. The van der Waals surface area contributed by atoms with Gasteiger partial charge in [-0.15, -0.1) is 0 Å². The van der Waals surface area contributed by atoms with E-state index < -0.39 is 11.5 Å². The summed E-state index contributed by atoms with van der Waals surface area (Å²) in [5.74, 6) is 0.0845. The number of nitro benzene ring substituents is 1. The fourth-order valence-corrected chi connectivity index (χ4v) is 3.24. The van der Waals surface area contributed by atoms with Crippen molar-refractivity contribution in [2.75, 3.05) is 5.32 Å². The number of hydrogen-bond donors (Lipinski definition) is 1. The molecule has 0 saturated carbocycles. The normalized spacial score (nSPS) is 11.8. The minimum Gasteiger partial charge on any atom is -0.431 e. The van der Waals surface area contributed by atoms with Crippen LogP contribution in [-0.4, -0.2) is 30.9 Å². The third-order valence-electron chi connectivity index (χ3n) is 4.82. The molecule has 0 bridgehead atoms. The summed E-state index contributed by atoms with van der Waals surface area (Å²) in [5.41, 5.74) is 1.67. The fourth-order valence-electron chi connectivity index (χ4n) is 3.24. The Balaban J connectivity index is 1.68. The number of nitriles is 1. The average molecular weight is 451 g/mol. The van der Waals surface area contributed by atoms with Gasteiger partial charge < -0.3 is 10.1 Å². The number of fused-ring (bicyclic) bond motifs is 1. The molecule has 0 amide bonds. The molecular weight excluding hydrogens is 436 g/mol. The van der Waals surface area contributed by atoms with E-state index >= 15 is 0 Å².